The van der Waals surface area contributed by atoms with Gasteiger partial charge in [-0.1, -0.05) is 30.3 Å². The summed E-state index contributed by atoms with van der Waals surface area (Å²) in [5.41, 5.74) is 2.54. The van der Waals surface area contributed by atoms with Gasteiger partial charge in [0.1, 0.15) is 5.75 Å². The van der Waals surface area contributed by atoms with Crippen molar-refractivity contribution >= 4 is 5.91 Å². The lowest BCUT2D eigenvalue weighted by atomic mass is 10.1. The van der Waals surface area contributed by atoms with Crippen molar-refractivity contribution in [2.24, 2.45) is 0 Å². The second-order valence-electron chi connectivity index (χ2n) is 5.29. The van der Waals surface area contributed by atoms with Gasteiger partial charge in [0.25, 0.3) is 5.91 Å². The van der Waals surface area contributed by atoms with E-state index in [1.807, 2.05) is 56.3 Å². The third-order valence-corrected chi connectivity index (χ3v) is 3.57. The van der Waals surface area contributed by atoms with Crippen LogP contribution in [0.1, 0.15) is 41.4 Å². The van der Waals surface area contributed by atoms with Crippen LogP contribution < -0.4 is 10.1 Å². The van der Waals surface area contributed by atoms with Crippen molar-refractivity contribution in [2.45, 2.75) is 26.5 Å². The van der Waals surface area contributed by atoms with Gasteiger partial charge in [0.2, 0.25) is 0 Å². The van der Waals surface area contributed by atoms with Crippen LogP contribution in [0.2, 0.25) is 0 Å². The Bertz CT molecular complexity index is 640. The first kappa shape index (κ1) is 17.0. The molecule has 0 radical (unpaired) electrons. The van der Waals surface area contributed by atoms with Gasteiger partial charge in [0.05, 0.1) is 19.3 Å². The van der Waals surface area contributed by atoms with Crippen molar-refractivity contribution in [2.75, 3.05) is 13.7 Å². The van der Waals surface area contributed by atoms with Gasteiger partial charge in [0.15, 0.2) is 0 Å². The lowest BCUT2D eigenvalue weighted by Crippen LogP contribution is -2.26. The second-order valence-corrected chi connectivity index (χ2v) is 5.29. The maximum atomic E-state index is 12.5. The first-order chi connectivity index (χ1) is 11.2. The van der Waals surface area contributed by atoms with Gasteiger partial charge < -0.3 is 14.8 Å². The van der Waals surface area contributed by atoms with E-state index in [1.54, 1.807) is 13.2 Å². The Kier molecular flexibility index (Phi) is 6.18. The third kappa shape index (κ3) is 4.57. The molecule has 0 aliphatic carbocycles. The number of benzene rings is 2. The van der Waals surface area contributed by atoms with E-state index in [-0.39, 0.29) is 11.9 Å². The fraction of sp³-hybridized carbons (Fsp3) is 0.316. The standard InChI is InChI=1S/C19H23NO3/c1-4-23-18-11-10-16(12-17(18)13-22-3)19(21)20-14(2)15-8-6-5-7-9-15/h5-12,14H,4,13H2,1-3H3,(H,20,21). The Balaban J connectivity index is 2.14. The summed E-state index contributed by atoms with van der Waals surface area (Å²) in [7, 11) is 1.62. The number of carbonyl (C=O) groups is 1. The van der Waals surface area contributed by atoms with Gasteiger partial charge in [-0.15, -0.1) is 0 Å². The van der Waals surface area contributed by atoms with Crippen LogP contribution in [0.5, 0.6) is 5.75 Å². The summed E-state index contributed by atoms with van der Waals surface area (Å²) in [6, 6.07) is 15.2. The van der Waals surface area contributed by atoms with Crippen LogP contribution in [0.25, 0.3) is 0 Å². The third-order valence-electron chi connectivity index (χ3n) is 3.57. The number of methoxy groups -OCH3 is 1. The average Bonchev–Trinajstić information content (AvgIpc) is 2.57. The number of hydrogen-bond acceptors (Lipinski definition) is 3. The van der Waals surface area contributed by atoms with Gasteiger partial charge in [-0.05, 0) is 37.6 Å². The Hall–Kier alpha value is -2.33. The van der Waals surface area contributed by atoms with Gasteiger partial charge in [-0.25, -0.2) is 0 Å². The van der Waals surface area contributed by atoms with Crippen LogP contribution in [-0.2, 0) is 11.3 Å². The molecule has 1 atom stereocenters. The number of amides is 1. The first-order valence-electron chi connectivity index (χ1n) is 7.76. The maximum Gasteiger partial charge on any atom is 0.251 e. The van der Waals surface area contributed by atoms with E-state index in [9.17, 15) is 4.79 Å². The molecule has 0 aliphatic rings. The molecule has 0 saturated carbocycles. The van der Waals surface area contributed by atoms with Crippen molar-refractivity contribution in [3.05, 3.63) is 65.2 Å². The lowest BCUT2D eigenvalue weighted by molar-refractivity contribution is 0.0939. The number of rotatable bonds is 7. The van der Waals surface area contributed by atoms with Crippen LogP contribution >= 0.6 is 0 Å². The molecule has 2 aromatic rings. The molecule has 0 heterocycles. The maximum absolute atomic E-state index is 12.5. The predicted octanol–water partition coefficient (Wildman–Crippen LogP) is 3.72. The molecule has 1 N–H and O–H groups in total. The molecular weight excluding hydrogens is 290 g/mol. The quantitative estimate of drug-likeness (QED) is 0.847. The van der Waals surface area contributed by atoms with Gasteiger partial charge in [-0.3, -0.25) is 4.79 Å². The van der Waals surface area contributed by atoms with E-state index < -0.39 is 0 Å². The zero-order valence-electron chi connectivity index (χ0n) is 13.8. The van der Waals surface area contributed by atoms with E-state index in [2.05, 4.69) is 5.32 Å². The molecule has 0 bridgehead atoms. The lowest BCUT2D eigenvalue weighted by Gasteiger charge is -2.16. The number of hydrogen-bond donors (Lipinski definition) is 1. The number of carbonyl (C=O) groups excluding carboxylic acids is 1. The highest BCUT2D eigenvalue weighted by molar-refractivity contribution is 5.94. The summed E-state index contributed by atoms with van der Waals surface area (Å²) in [6.07, 6.45) is 0. The van der Waals surface area contributed by atoms with Gasteiger partial charge in [0, 0.05) is 18.2 Å². The molecule has 0 aliphatic heterocycles. The Morgan fingerprint density at radius 2 is 1.91 bits per heavy atom. The van der Waals surface area contributed by atoms with Crippen LogP contribution in [0.15, 0.2) is 48.5 Å². The summed E-state index contributed by atoms with van der Waals surface area (Å²) in [5, 5.41) is 3.01. The van der Waals surface area contributed by atoms with Crippen molar-refractivity contribution in [1.29, 1.82) is 0 Å². The predicted molar refractivity (Wildman–Crippen MR) is 90.6 cm³/mol. The Labute approximate surface area is 137 Å². The smallest absolute Gasteiger partial charge is 0.251 e. The van der Waals surface area contributed by atoms with Gasteiger partial charge >= 0.3 is 0 Å². The molecule has 0 aromatic heterocycles. The van der Waals surface area contributed by atoms with E-state index in [0.29, 0.717) is 18.8 Å². The van der Waals surface area contributed by atoms with Crippen LogP contribution in [0, 0.1) is 0 Å². The molecule has 0 saturated heterocycles. The minimum atomic E-state index is -0.109. The second kappa shape index (κ2) is 8.34. The molecular formula is C19H23NO3. The van der Waals surface area contributed by atoms with E-state index in [1.165, 1.54) is 0 Å². The zero-order valence-corrected chi connectivity index (χ0v) is 13.8. The van der Waals surface area contributed by atoms with Crippen LogP contribution in [0.3, 0.4) is 0 Å². The fourth-order valence-corrected chi connectivity index (χ4v) is 2.39. The van der Waals surface area contributed by atoms with E-state index in [4.69, 9.17) is 9.47 Å². The SMILES string of the molecule is CCOc1ccc(C(=O)NC(C)c2ccccc2)cc1COC. The van der Waals surface area contributed by atoms with Crippen molar-refractivity contribution < 1.29 is 14.3 Å². The normalized spacial score (nSPS) is 11.8. The van der Waals surface area contributed by atoms with Crippen LogP contribution in [0.4, 0.5) is 0 Å². The van der Waals surface area contributed by atoms with Crippen LogP contribution in [-0.4, -0.2) is 19.6 Å². The minimum absolute atomic E-state index is 0.0545. The number of ether oxygens (including phenoxy) is 2. The first-order valence-corrected chi connectivity index (χ1v) is 7.76. The Morgan fingerprint density at radius 3 is 2.57 bits per heavy atom. The largest absolute Gasteiger partial charge is 0.494 e. The molecule has 2 aromatic carbocycles. The minimum Gasteiger partial charge on any atom is -0.494 e. The van der Waals surface area contributed by atoms with Crippen molar-refractivity contribution in [3.8, 4) is 5.75 Å². The highest BCUT2D eigenvalue weighted by Gasteiger charge is 2.13. The number of nitrogens with one attached hydrogen (secondary N) is 1. The molecule has 23 heavy (non-hydrogen) atoms. The molecule has 0 fully saturated rings. The zero-order chi connectivity index (χ0) is 16.7. The monoisotopic (exact) mass is 313 g/mol. The van der Waals surface area contributed by atoms with Crippen molar-refractivity contribution in [1.82, 2.24) is 5.32 Å². The summed E-state index contributed by atoms with van der Waals surface area (Å²) in [6.45, 7) is 4.88. The average molecular weight is 313 g/mol. The summed E-state index contributed by atoms with van der Waals surface area (Å²) < 4.78 is 10.8. The molecule has 0 spiro atoms. The molecule has 1 amide bonds. The molecule has 4 nitrogen and oxygen atoms in total. The molecule has 122 valence electrons. The Morgan fingerprint density at radius 1 is 1.17 bits per heavy atom. The van der Waals surface area contributed by atoms with E-state index >= 15 is 0 Å². The van der Waals surface area contributed by atoms with Crippen molar-refractivity contribution in [3.63, 3.8) is 0 Å². The topological polar surface area (TPSA) is 47.6 Å². The summed E-state index contributed by atoms with van der Waals surface area (Å²) >= 11 is 0. The summed E-state index contributed by atoms with van der Waals surface area (Å²) in [4.78, 5) is 12.5. The molecule has 4 heteroatoms. The highest BCUT2D eigenvalue weighted by Crippen LogP contribution is 2.22. The fourth-order valence-electron chi connectivity index (χ4n) is 2.39. The molecule has 1 unspecified atom stereocenters. The van der Waals surface area contributed by atoms with Gasteiger partial charge in [-0.2, -0.15) is 0 Å². The molecule has 2 rings (SSSR count). The summed E-state index contributed by atoms with van der Waals surface area (Å²) in [5.74, 6) is 0.642. The van der Waals surface area contributed by atoms with E-state index in [0.717, 1.165) is 16.9 Å². The highest BCUT2D eigenvalue weighted by atomic mass is 16.5.